The molecule has 0 spiro atoms. The lowest BCUT2D eigenvalue weighted by Gasteiger charge is -2.58. The summed E-state index contributed by atoms with van der Waals surface area (Å²) in [4.78, 5) is 0. The molecule has 3 saturated carbocycles. The van der Waals surface area contributed by atoms with Gasteiger partial charge in [-0.2, -0.15) is 0 Å². The van der Waals surface area contributed by atoms with Gasteiger partial charge < -0.3 is 5.11 Å². The van der Waals surface area contributed by atoms with Crippen LogP contribution in [0.3, 0.4) is 0 Å². The van der Waals surface area contributed by atoms with E-state index in [1.54, 1.807) is 11.1 Å². The van der Waals surface area contributed by atoms with E-state index in [1.165, 1.54) is 70.6 Å². The molecule has 1 aromatic rings. The van der Waals surface area contributed by atoms with E-state index < -0.39 is 0 Å². The second-order valence-electron chi connectivity index (χ2n) is 9.05. The molecule has 124 valence electrons. The molecule has 0 amide bonds. The van der Waals surface area contributed by atoms with E-state index in [0.717, 1.165) is 23.7 Å². The van der Waals surface area contributed by atoms with Crippen molar-refractivity contribution < 1.29 is 5.11 Å². The fourth-order valence-electron chi connectivity index (χ4n) is 6.87. The number of rotatable bonds is 2. The minimum atomic E-state index is 0.422. The maximum atomic E-state index is 10.1. The number of hydrogen-bond donors (Lipinski definition) is 1. The zero-order valence-corrected chi connectivity index (χ0v) is 14.3. The van der Waals surface area contributed by atoms with Crippen LogP contribution in [-0.2, 0) is 11.8 Å². The highest BCUT2D eigenvalue weighted by molar-refractivity contribution is 5.44. The number of benzene rings is 1. The van der Waals surface area contributed by atoms with Gasteiger partial charge in [-0.05, 0) is 90.9 Å². The summed E-state index contributed by atoms with van der Waals surface area (Å²) in [6.45, 7) is 0. The first-order chi connectivity index (χ1) is 11.3. The van der Waals surface area contributed by atoms with Crippen molar-refractivity contribution in [1.29, 1.82) is 0 Å². The Morgan fingerprint density at radius 2 is 1.91 bits per heavy atom. The second kappa shape index (κ2) is 5.26. The molecule has 2 bridgehead atoms. The van der Waals surface area contributed by atoms with Crippen molar-refractivity contribution in [3.8, 4) is 5.75 Å². The molecule has 3 fully saturated rings. The average molecular weight is 310 g/mol. The van der Waals surface area contributed by atoms with E-state index in [-0.39, 0.29) is 0 Å². The predicted octanol–water partition coefficient (Wildman–Crippen LogP) is 5.59. The normalized spacial score (nSPS) is 39.2. The van der Waals surface area contributed by atoms with E-state index in [2.05, 4.69) is 12.1 Å². The van der Waals surface area contributed by atoms with Gasteiger partial charge >= 0.3 is 0 Å². The summed E-state index contributed by atoms with van der Waals surface area (Å²) in [6, 6.07) is 6.31. The van der Waals surface area contributed by atoms with Crippen LogP contribution in [0.4, 0.5) is 0 Å². The topological polar surface area (TPSA) is 20.2 Å². The Kier molecular flexibility index (Phi) is 3.29. The third kappa shape index (κ3) is 2.11. The molecule has 5 rings (SSSR count). The van der Waals surface area contributed by atoms with Gasteiger partial charge in [-0.25, -0.2) is 0 Å². The molecule has 0 radical (unpaired) electrons. The van der Waals surface area contributed by atoms with E-state index in [0.29, 0.717) is 11.2 Å². The maximum Gasteiger partial charge on any atom is 0.115 e. The van der Waals surface area contributed by atoms with Crippen molar-refractivity contribution >= 4 is 0 Å². The van der Waals surface area contributed by atoms with Gasteiger partial charge in [-0.15, -0.1) is 0 Å². The standard InChI is InChI=1S/C22H30O/c23-18-8-7-17-13-19-16(12-15-4-3-5-15)9-11-22(21(17)14-18)10-2-1-6-20(19)22/h7-8,14-16,19-20,23H,1-6,9-13H2/t16?,19-,20-,22+/m0/s1. The molecule has 4 aliphatic carbocycles. The van der Waals surface area contributed by atoms with Gasteiger partial charge in [0.05, 0.1) is 0 Å². The van der Waals surface area contributed by atoms with Gasteiger partial charge in [0.2, 0.25) is 0 Å². The number of phenols is 1. The van der Waals surface area contributed by atoms with Crippen LogP contribution in [0.1, 0.15) is 75.3 Å². The monoisotopic (exact) mass is 310 g/mol. The number of aromatic hydroxyl groups is 1. The van der Waals surface area contributed by atoms with E-state index in [1.807, 2.05) is 6.07 Å². The fourth-order valence-corrected chi connectivity index (χ4v) is 6.87. The lowest BCUT2D eigenvalue weighted by atomic mass is 9.46. The zero-order chi connectivity index (χ0) is 15.4. The molecule has 0 aromatic heterocycles. The minimum absolute atomic E-state index is 0.422. The Balaban J connectivity index is 1.54. The van der Waals surface area contributed by atoms with Crippen LogP contribution in [0, 0.1) is 23.7 Å². The zero-order valence-electron chi connectivity index (χ0n) is 14.3. The summed E-state index contributed by atoms with van der Waals surface area (Å²) in [5, 5.41) is 10.1. The molecule has 4 atom stereocenters. The Labute approximate surface area is 140 Å². The summed E-state index contributed by atoms with van der Waals surface area (Å²) >= 11 is 0. The molecule has 0 saturated heterocycles. The summed E-state index contributed by atoms with van der Waals surface area (Å²) in [6.07, 6.45) is 15.8. The molecule has 1 nitrogen and oxygen atoms in total. The van der Waals surface area contributed by atoms with E-state index >= 15 is 0 Å². The van der Waals surface area contributed by atoms with Crippen molar-refractivity contribution in [1.82, 2.24) is 0 Å². The Bertz CT molecular complexity index is 602. The molecule has 4 aliphatic rings. The molecule has 1 unspecified atom stereocenters. The highest BCUT2D eigenvalue weighted by Gasteiger charge is 2.54. The quantitative estimate of drug-likeness (QED) is 0.754. The highest BCUT2D eigenvalue weighted by Crippen LogP contribution is 2.61. The lowest BCUT2D eigenvalue weighted by Crippen LogP contribution is -2.52. The first kappa shape index (κ1) is 14.4. The molecule has 1 N–H and O–H groups in total. The molecule has 23 heavy (non-hydrogen) atoms. The lowest BCUT2D eigenvalue weighted by molar-refractivity contribution is -0.00212. The van der Waals surface area contributed by atoms with Crippen LogP contribution in [0.25, 0.3) is 0 Å². The Hall–Kier alpha value is -0.980. The third-order valence-electron chi connectivity index (χ3n) is 8.13. The van der Waals surface area contributed by atoms with Crippen LogP contribution in [0.2, 0.25) is 0 Å². The molecular formula is C22H30O. The summed E-state index contributed by atoms with van der Waals surface area (Å²) in [5.41, 5.74) is 3.54. The summed E-state index contributed by atoms with van der Waals surface area (Å²) in [5.74, 6) is 4.36. The summed E-state index contributed by atoms with van der Waals surface area (Å²) < 4.78 is 0. The van der Waals surface area contributed by atoms with Crippen LogP contribution in [0.15, 0.2) is 18.2 Å². The van der Waals surface area contributed by atoms with E-state index in [9.17, 15) is 5.11 Å². The van der Waals surface area contributed by atoms with Gasteiger partial charge in [0, 0.05) is 0 Å². The van der Waals surface area contributed by atoms with Gasteiger partial charge in [0.25, 0.3) is 0 Å². The first-order valence-corrected chi connectivity index (χ1v) is 10.1. The number of fused-ring (bicyclic) bond motifs is 1. The second-order valence-corrected chi connectivity index (χ2v) is 9.05. The first-order valence-electron chi connectivity index (χ1n) is 10.1. The van der Waals surface area contributed by atoms with Crippen molar-refractivity contribution in [2.75, 3.05) is 0 Å². The van der Waals surface area contributed by atoms with Gasteiger partial charge in [-0.1, -0.05) is 38.2 Å². The maximum absolute atomic E-state index is 10.1. The average Bonchev–Trinajstić information content (AvgIpc) is 2.53. The number of phenolic OH excluding ortho intramolecular Hbond substituents is 1. The van der Waals surface area contributed by atoms with Crippen molar-refractivity contribution in [3.63, 3.8) is 0 Å². The van der Waals surface area contributed by atoms with Crippen molar-refractivity contribution in [2.45, 2.75) is 76.0 Å². The van der Waals surface area contributed by atoms with E-state index in [4.69, 9.17) is 0 Å². The SMILES string of the molecule is Oc1ccc2c(c1)[C@@]13CCCC[C@H]1[C@@H](C2)C(CC1CCC1)CC3. The predicted molar refractivity (Wildman–Crippen MR) is 93.6 cm³/mol. The van der Waals surface area contributed by atoms with Gasteiger partial charge in [-0.3, -0.25) is 0 Å². The van der Waals surface area contributed by atoms with Gasteiger partial charge in [0.1, 0.15) is 5.75 Å². The van der Waals surface area contributed by atoms with Gasteiger partial charge in [0.15, 0.2) is 0 Å². The highest BCUT2D eigenvalue weighted by atomic mass is 16.3. The largest absolute Gasteiger partial charge is 0.508 e. The van der Waals surface area contributed by atoms with Crippen molar-refractivity contribution in [2.24, 2.45) is 23.7 Å². The van der Waals surface area contributed by atoms with Crippen LogP contribution < -0.4 is 0 Å². The van der Waals surface area contributed by atoms with Crippen LogP contribution in [-0.4, -0.2) is 5.11 Å². The molecule has 0 aliphatic heterocycles. The minimum Gasteiger partial charge on any atom is -0.508 e. The smallest absolute Gasteiger partial charge is 0.115 e. The Morgan fingerprint density at radius 3 is 2.74 bits per heavy atom. The summed E-state index contributed by atoms with van der Waals surface area (Å²) in [7, 11) is 0. The molecule has 1 heteroatoms. The molecule has 0 heterocycles. The van der Waals surface area contributed by atoms with Crippen LogP contribution >= 0.6 is 0 Å². The third-order valence-corrected chi connectivity index (χ3v) is 8.13. The Morgan fingerprint density at radius 1 is 1.00 bits per heavy atom. The fraction of sp³-hybridized carbons (Fsp3) is 0.727. The van der Waals surface area contributed by atoms with Crippen LogP contribution in [0.5, 0.6) is 5.75 Å². The number of hydrogen-bond acceptors (Lipinski definition) is 1. The molecule has 1 aromatic carbocycles. The molecular weight excluding hydrogens is 280 g/mol. The van der Waals surface area contributed by atoms with Crippen molar-refractivity contribution in [3.05, 3.63) is 29.3 Å².